The van der Waals surface area contributed by atoms with Crippen molar-refractivity contribution in [3.8, 4) is 0 Å². The van der Waals surface area contributed by atoms with Crippen molar-refractivity contribution in [2.75, 3.05) is 13.1 Å². The average molecular weight is 246 g/mol. The molecule has 1 aliphatic heterocycles. The Bertz CT molecular complexity index is 530. The van der Waals surface area contributed by atoms with Gasteiger partial charge in [-0.15, -0.1) is 0 Å². The van der Waals surface area contributed by atoms with Crippen LogP contribution in [-0.2, 0) is 11.3 Å². The topological polar surface area (TPSA) is 47.3 Å². The van der Waals surface area contributed by atoms with Gasteiger partial charge >= 0.3 is 0 Å². The molecular formula is C14H18N2O2. The number of aromatic nitrogens is 1. The molecule has 1 fully saturated rings. The number of aryl methyl sites for hydroxylation is 1. The first-order valence-electron chi connectivity index (χ1n) is 6.50. The van der Waals surface area contributed by atoms with Crippen LogP contribution in [0.2, 0.25) is 0 Å². The molecule has 4 nitrogen and oxygen atoms in total. The van der Waals surface area contributed by atoms with Gasteiger partial charge in [0.05, 0.1) is 6.10 Å². The lowest BCUT2D eigenvalue weighted by Gasteiger charge is -2.22. The summed E-state index contributed by atoms with van der Waals surface area (Å²) in [4.78, 5) is 4.43. The second-order valence-electron chi connectivity index (χ2n) is 4.84. The van der Waals surface area contributed by atoms with Gasteiger partial charge in [0.2, 0.25) is 5.89 Å². The monoisotopic (exact) mass is 246 g/mol. The van der Waals surface area contributed by atoms with Crippen LogP contribution in [0.15, 0.2) is 22.6 Å². The van der Waals surface area contributed by atoms with Crippen molar-refractivity contribution >= 4 is 11.1 Å². The lowest BCUT2D eigenvalue weighted by atomic mass is 10.1. The highest BCUT2D eigenvalue weighted by molar-refractivity contribution is 5.73. The fourth-order valence-electron chi connectivity index (χ4n) is 2.29. The Balaban J connectivity index is 1.67. The van der Waals surface area contributed by atoms with E-state index in [4.69, 9.17) is 9.15 Å². The van der Waals surface area contributed by atoms with Crippen molar-refractivity contribution in [3.05, 3.63) is 29.7 Å². The normalized spacial score (nSPS) is 17.4. The molecule has 1 aromatic carbocycles. The molecule has 18 heavy (non-hydrogen) atoms. The second kappa shape index (κ2) is 5.08. The zero-order valence-corrected chi connectivity index (χ0v) is 10.6. The average Bonchev–Trinajstić information content (AvgIpc) is 2.79. The second-order valence-corrected chi connectivity index (χ2v) is 4.84. The Morgan fingerprint density at radius 1 is 1.39 bits per heavy atom. The van der Waals surface area contributed by atoms with E-state index in [1.807, 2.05) is 25.1 Å². The molecule has 4 heteroatoms. The molecule has 1 aliphatic rings. The first-order chi connectivity index (χ1) is 8.81. The number of piperidine rings is 1. The summed E-state index contributed by atoms with van der Waals surface area (Å²) in [5.74, 6) is 0.675. The minimum atomic E-state index is 0.336. The van der Waals surface area contributed by atoms with E-state index in [1.54, 1.807) is 0 Å². The smallest absolute Gasteiger partial charge is 0.221 e. The van der Waals surface area contributed by atoms with Crippen LogP contribution in [0, 0.1) is 6.92 Å². The predicted molar refractivity (Wildman–Crippen MR) is 69.4 cm³/mol. The summed E-state index contributed by atoms with van der Waals surface area (Å²) < 4.78 is 11.5. The molecule has 1 N–H and O–H groups in total. The van der Waals surface area contributed by atoms with E-state index in [2.05, 4.69) is 10.3 Å². The van der Waals surface area contributed by atoms with E-state index < -0.39 is 0 Å². The van der Waals surface area contributed by atoms with E-state index in [0.717, 1.165) is 37.0 Å². The number of rotatable bonds is 3. The molecule has 0 spiro atoms. The standard InChI is InChI=1S/C14H18N2O2/c1-10-2-3-12-13(8-10)18-14(16-12)9-17-11-4-6-15-7-5-11/h2-3,8,11,15H,4-7,9H2,1H3. The summed E-state index contributed by atoms with van der Waals surface area (Å²) in [6, 6.07) is 6.04. The molecular weight excluding hydrogens is 228 g/mol. The minimum absolute atomic E-state index is 0.336. The third kappa shape index (κ3) is 2.54. The van der Waals surface area contributed by atoms with Crippen LogP contribution in [0.3, 0.4) is 0 Å². The van der Waals surface area contributed by atoms with Crippen LogP contribution in [0.1, 0.15) is 24.3 Å². The highest BCUT2D eigenvalue weighted by Gasteiger charge is 2.14. The van der Waals surface area contributed by atoms with Gasteiger partial charge in [-0.25, -0.2) is 4.98 Å². The number of fused-ring (bicyclic) bond motifs is 1. The molecule has 0 unspecified atom stereocenters. The zero-order valence-electron chi connectivity index (χ0n) is 10.6. The minimum Gasteiger partial charge on any atom is -0.438 e. The largest absolute Gasteiger partial charge is 0.438 e. The Labute approximate surface area is 106 Å². The van der Waals surface area contributed by atoms with Crippen LogP contribution in [0.4, 0.5) is 0 Å². The van der Waals surface area contributed by atoms with Gasteiger partial charge in [-0.1, -0.05) is 6.07 Å². The molecule has 0 amide bonds. The van der Waals surface area contributed by atoms with E-state index in [1.165, 1.54) is 5.56 Å². The summed E-state index contributed by atoms with van der Waals surface area (Å²) in [6.07, 6.45) is 2.47. The maximum atomic E-state index is 5.83. The van der Waals surface area contributed by atoms with Crippen molar-refractivity contribution in [3.63, 3.8) is 0 Å². The van der Waals surface area contributed by atoms with Crippen LogP contribution >= 0.6 is 0 Å². The molecule has 0 saturated carbocycles. The first-order valence-corrected chi connectivity index (χ1v) is 6.50. The molecule has 0 atom stereocenters. The fraction of sp³-hybridized carbons (Fsp3) is 0.500. The van der Waals surface area contributed by atoms with Crippen molar-refractivity contribution in [2.24, 2.45) is 0 Å². The summed E-state index contributed by atoms with van der Waals surface area (Å²) in [6.45, 7) is 4.60. The van der Waals surface area contributed by atoms with Gasteiger partial charge < -0.3 is 14.5 Å². The van der Waals surface area contributed by atoms with E-state index >= 15 is 0 Å². The molecule has 1 aromatic heterocycles. The van der Waals surface area contributed by atoms with Gasteiger partial charge in [-0.3, -0.25) is 0 Å². The third-order valence-corrected chi connectivity index (χ3v) is 3.32. The van der Waals surface area contributed by atoms with Gasteiger partial charge in [0.25, 0.3) is 0 Å². The van der Waals surface area contributed by atoms with Crippen molar-refractivity contribution in [1.82, 2.24) is 10.3 Å². The fourth-order valence-corrected chi connectivity index (χ4v) is 2.29. The highest BCUT2D eigenvalue weighted by Crippen LogP contribution is 2.18. The number of hydrogen-bond acceptors (Lipinski definition) is 4. The van der Waals surface area contributed by atoms with E-state index in [-0.39, 0.29) is 0 Å². The summed E-state index contributed by atoms with van der Waals surface area (Å²) >= 11 is 0. The number of hydrogen-bond donors (Lipinski definition) is 1. The Morgan fingerprint density at radius 3 is 3.06 bits per heavy atom. The summed E-state index contributed by atoms with van der Waals surface area (Å²) in [5, 5.41) is 3.32. The maximum absolute atomic E-state index is 5.83. The van der Waals surface area contributed by atoms with Gasteiger partial charge in [0.1, 0.15) is 12.1 Å². The van der Waals surface area contributed by atoms with Crippen LogP contribution in [0.25, 0.3) is 11.1 Å². The SMILES string of the molecule is Cc1ccc2nc(COC3CCNCC3)oc2c1. The van der Waals surface area contributed by atoms with E-state index in [9.17, 15) is 0 Å². The number of oxazole rings is 1. The molecule has 3 rings (SSSR count). The van der Waals surface area contributed by atoms with Crippen molar-refractivity contribution in [2.45, 2.75) is 32.5 Å². The number of ether oxygens (including phenoxy) is 1. The van der Waals surface area contributed by atoms with Gasteiger partial charge in [0.15, 0.2) is 5.58 Å². The number of nitrogens with one attached hydrogen (secondary N) is 1. The molecule has 0 aliphatic carbocycles. The Kier molecular flexibility index (Phi) is 3.30. The lowest BCUT2D eigenvalue weighted by molar-refractivity contribution is 0.0113. The zero-order chi connectivity index (χ0) is 12.4. The highest BCUT2D eigenvalue weighted by atomic mass is 16.5. The predicted octanol–water partition coefficient (Wildman–Crippen LogP) is 2.40. The van der Waals surface area contributed by atoms with Crippen LogP contribution < -0.4 is 5.32 Å². The van der Waals surface area contributed by atoms with Crippen LogP contribution in [-0.4, -0.2) is 24.2 Å². The third-order valence-electron chi connectivity index (χ3n) is 3.32. The van der Waals surface area contributed by atoms with Gasteiger partial charge in [-0.2, -0.15) is 0 Å². The molecule has 2 aromatic rings. The molecule has 1 saturated heterocycles. The van der Waals surface area contributed by atoms with E-state index in [0.29, 0.717) is 18.6 Å². The Hall–Kier alpha value is -1.39. The Morgan fingerprint density at radius 2 is 2.22 bits per heavy atom. The molecule has 96 valence electrons. The quantitative estimate of drug-likeness (QED) is 0.903. The molecule has 2 heterocycles. The van der Waals surface area contributed by atoms with Gasteiger partial charge in [-0.05, 0) is 50.6 Å². The first kappa shape index (κ1) is 11.7. The van der Waals surface area contributed by atoms with Crippen molar-refractivity contribution < 1.29 is 9.15 Å². The number of nitrogens with zero attached hydrogens (tertiary/aromatic N) is 1. The molecule has 0 radical (unpaired) electrons. The van der Waals surface area contributed by atoms with Crippen LogP contribution in [0.5, 0.6) is 0 Å². The summed E-state index contributed by atoms with van der Waals surface area (Å²) in [5.41, 5.74) is 2.94. The maximum Gasteiger partial charge on any atom is 0.221 e. The van der Waals surface area contributed by atoms with Crippen molar-refractivity contribution in [1.29, 1.82) is 0 Å². The van der Waals surface area contributed by atoms with Gasteiger partial charge in [0, 0.05) is 0 Å². The summed E-state index contributed by atoms with van der Waals surface area (Å²) in [7, 11) is 0. The lowest BCUT2D eigenvalue weighted by Crippen LogP contribution is -2.32. The molecule has 0 bridgehead atoms. The number of benzene rings is 1.